The first-order chi connectivity index (χ1) is 17.0. The van der Waals surface area contributed by atoms with E-state index in [9.17, 15) is 29.1 Å². The normalized spacial score (nSPS) is 18.6. The van der Waals surface area contributed by atoms with E-state index >= 15 is 0 Å². The van der Waals surface area contributed by atoms with Gasteiger partial charge in [-0.05, 0) is 35.4 Å². The molecule has 0 spiro atoms. The van der Waals surface area contributed by atoms with Crippen LogP contribution in [0.2, 0.25) is 0 Å². The monoisotopic (exact) mass is 499 g/mol. The summed E-state index contributed by atoms with van der Waals surface area (Å²) in [6.45, 7) is -2.11. The minimum atomic E-state index is -1.21. The lowest BCUT2D eigenvalue weighted by Crippen LogP contribution is -2.44. The van der Waals surface area contributed by atoms with Crippen LogP contribution in [-0.4, -0.2) is 97.8 Å². The largest absolute Gasteiger partial charge is 0.480 e. The van der Waals surface area contributed by atoms with Crippen molar-refractivity contribution in [2.75, 3.05) is 31.1 Å². The van der Waals surface area contributed by atoms with Crippen molar-refractivity contribution in [3.63, 3.8) is 0 Å². The van der Waals surface area contributed by atoms with Gasteiger partial charge in [-0.1, -0.05) is 12.1 Å². The zero-order valence-electron chi connectivity index (χ0n) is 18.8. The molecule has 1 saturated carbocycles. The number of aliphatic hydroxyl groups excluding tert-OH is 1. The Hall–Kier alpha value is -4.58. The molecule has 2 aliphatic carbocycles. The smallest absolute Gasteiger partial charge is 0.369 e. The molecule has 2 atom stereocenters. The second kappa shape index (κ2) is 10.8. The van der Waals surface area contributed by atoms with Crippen LogP contribution in [0.1, 0.15) is 11.5 Å². The first-order valence-electron chi connectivity index (χ1n) is 10.6. The van der Waals surface area contributed by atoms with Gasteiger partial charge in [-0.2, -0.15) is 0 Å². The second-order valence-electron chi connectivity index (χ2n) is 8.13. The van der Waals surface area contributed by atoms with E-state index in [1.165, 1.54) is 48.6 Å². The maximum absolute atomic E-state index is 12.9. The Morgan fingerprint density at radius 2 is 1.28 bits per heavy atom. The zero-order valence-corrected chi connectivity index (χ0v) is 18.8. The Morgan fingerprint density at radius 3 is 1.69 bits per heavy atom. The Balaban J connectivity index is 1.79. The molecule has 0 amide bonds. The van der Waals surface area contributed by atoms with Crippen LogP contribution in [0.5, 0.6) is 0 Å². The first kappa shape index (κ1) is 26.0. The van der Waals surface area contributed by atoms with E-state index < -0.39 is 62.1 Å². The van der Waals surface area contributed by atoms with E-state index in [1.54, 1.807) is 0 Å². The number of benzene rings is 1. The van der Waals surface area contributed by atoms with Gasteiger partial charge in [-0.25, -0.2) is 14.2 Å². The molecule has 1 aromatic carbocycles. The standard InChI is InChI=1S/C24H22N2O10/c27-17(28)9-25(10-18(29)30)15-5-1-13(2-6-15)21-23(35)22(24(21)36)14-3-7-16(8-4-14)26(11-19(31)32)12-20(33)34/h1-8,21,23,35H,9-12H2,(H3-,27,28,29,30,31,32,33,34)/p+1. The molecule has 2 unspecified atom stereocenters. The second-order valence-corrected chi connectivity index (χ2v) is 8.13. The number of hydrogen-bond acceptors (Lipinski definition) is 7. The highest BCUT2D eigenvalue weighted by atomic mass is 16.4. The van der Waals surface area contributed by atoms with E-state index in [1.807, 2.05) is 0 Å². The summed E-state index contributed by atoms with van der Waals surface area (Å²) in [5.41, 5.74) is 1.68. The number of aliphatic carboxylic acids is 4. The Kier molecular flexibility index (Phi) is 7.80. The van der Waals surface area contributed by atoms with Crippen molar-refractivity contribution in [3.05, 3.63) is 65.3 Å². The van der Waals surface area contributed by atoms with Crippen LogP contribution >= 0.6 is 0 Å². The van der Waals surface area contributed by atoms with E-state index in [0.29, 0.717) is 22.5 Å². The number of carboxylic acids is 4. The summed E-state index contributed by atoms with van der Waals surface area (Å²) in [5.74, 6) is -6.03. The van der Waals surface area contributed by atoms with Crippen molar-refractivity contribution in [3.8, 4) is 0 Å². The fourth-order valence-corrected chi connectivity index (χ4v) is 4.05. The Labute approximate surface area is 204 Å². The van der Waals surface area contributed by atoms with E-state index in [0.717, 1.165) is 9.48 Å². The molecule has 1 fully saturated rings. The molecular formula is C24H23N2O10+. The van der Waals surface area contributed by atoms with Crippen LogP contribution in [0.4, 0.5) is 5.69 Å². The van der Waals surface area contributed by atoms with Crippen molar-refractivity contribution in [1.82, 2.24) is 0 Å². The van der Waals surface area contributed by atoms with Crippen LogP contribution in [0.25, 0.3) is 0 Å². The molecule has 2 aliphatic rings. The van der Waals surface area contributed by atoms with Gasteiger partial charge < -0.3 is 30.4 Å². The van der Waals surface area contributed by atoms with Gasteiger partial charge in [0.1, 0.15) is 13.1 Å². The predicted octanol–water partition coefficient (Wildman–Crippen LogP) is -0.265. The number of carboxylic acid groups (broad SMARTS) is 4. The molecular weight excluding hydrogens is 476 g/mol. The summed E-state index contributed by atoms with van der Waals surface area (Å²) in [6.07, 6.45) is 4.79. The first-order valence-corrected chi connectivity index (χ1v) is 10.6. The van der Waals surface area contributed by atoms with Gasteiger partial charge in [-0.15, -0.1) is 0 Å². The lowest BCUT2D eigenvalue weighted by atomic mass is 9.69. The number of anilines is 1. The molecule has 12 nitrogen and oxygen atoms in total. The molecule has 0 radical (unpaired) electrons. The van der Waals surface area contributed by atoms with Crippen LogP contribution in [-0.2, 0) is 24.0 Å². The number of rotatable bonds is 10. The van der Waals surface area contributed by atoms with Gasteiger partial charge in [0, 0.05) is 23.4 Å². The molecule has 12 heteroatoms. The molecule has 0 saturated heterocycles. The van der Waals surface area contributed by atoms with Gasteiger partial charge in [0.25, 0.3) is 0 Å². The van der Waals surface area contributed by atoms with E-state index in [-0.39, 0.29) is 11.4 Å². The molecule has 0 aromatic heterocycles. The number of ketones is 1. The fourth-order valence-electron chi connectivity index (χ4n) is 4.05. The minimum Gasteiger partial charge on any atom is -0.480 e. The number of nitrogens with zero attached hydrogens (tertiary/aromatic N) is 2. The molecule has 1 aromatic rings. The summed E-state index contributed by atoms with van der Waals surface area (Å²) in [5, 5.41) is 46.7. The lowest BCUT2D eigenvalue weighted by Gasteiger charge is -2.36. The number of allylic oxidation sites excluding steroid dienone is 5. The number of Topliss-reactive ketones (excluding diaryl/α,β-unsaturated/α-hetero) is 1. The Bertz CT molecular complexity index is 1190. The third-order valence-electron chi connectivity index (χ3n) is 5.62. The lowest BCUT2D eigenvalue weighted by molar-refractivity contribution is -0.507. The topological polar surface area (TPSA) is 193 Å². The van der Waals surface area contributed by atoms with Gasteiger partial charge in [-0.3, -0.25) is 14.4 Å². The highest BCUT2D eigenvalue weighted by Gasteiger charge is 2.46. The molecule has 188 valence electrons. The van der Waals surface area contributed by atoms with Crippen LogP contribution < -0.4 is 4.90 Å². The van der Waals surface area contributed by atoms with Crippen LogP contribution in [0.15, 0.2) is 59.7 Å². The Morgan fingerprint density at radius 1 is 0.778 bits per heavy atom. The third kappa shape index (κ3) is 5.91. The van der Waals surface area contributed by atoms with Gasteiger partial charge in [0.05, 0.1) is 12.0 Å². The summed E-state index contributed by atoms with van der Waals surface area (Å²) >= 11 is 0. The molecule has 0 bridgehead atoms. The summed E-state index contributed by atoms with van der Waals surface area (Å²) in [7, 11) is 0. The highest BCUT2D eigenvalue weighted by molar-refractivity contribution is 6.12. The van der Waals surface area contributed by atoms with Crippen molar-refractivity contribution < 1.29 is 54.1 Å². The third-order valence-corrected chi connectivity index (χ3v) is 5.62. The van der Waals surface area contributed by atoms with Crippen LogP contribution in [0, 0.1) is 0 Å². The average Bonchev–Trinajstić information content (AvgIpc) is 2.78. The SMILES string of the molecule is O=C(O)CN(CC(=O)O)c1ccc(C2C(=O)C(=C3C=CC(=[N+](CC(=O)O)CC(=O)O)C=C3)C2O)cc1. The van der Waals surface area contributed by atoms with Gasteiger partial charge >= 0.3 is 23.9 Å². The number of aliphatic hydroxyl groups is 1. The average molecular weight is 499 g/mol. The maximum atomic E-state index is 12.9. The number of carbonyl (C=O) groups excluding carboxylic acids is 1. The zero-order chi connectivity index (χ0) is 26.6. The quantitative estimate of drug-likeness (QED) is 0.210. The molecule has 3 rings (SSSR count). The van der Waals surface area contributed by atoms with E-state index in [2.05, 4.69) is 0 Å². The van der Waals surface area contributed by atoms with Gasteiger partial charge in [0.15, 0.2) is 5.78 Å². The molecule has 36 heavy (non-hydrogen) atoms. The van der Waals surface area contributed by atoms with Crippen LogP contribution in [0.3, 0.4) is 0 Å². The number of carbonyl (C=O) groups is 5. The van der Waals surface area contributed by atoms with Crippen molar-refractivity contribution >= 4 is 41.1 Å². The van der Waals surface area contributed by atoms with Crippen molar-refractivity contribution in [2.24, 2.45) is 0 Å². The molecule has 0 aliphatic heterocycles. The fraction of sp³-hybridized carbons (Fsp3) is 0.250. The van der Waals surface area contributed by atoms with Crippen molar-refractivity contribution in [2.45, 2.75) is 12.0 Å². The number of hydrogen-bond donors (Lipinski definition) is 5. The highest BCUT2D eigenvalue weighted by Crippen LogP contribution is 2.41. The minimum absolute atomic E-state index is 0.150. The summed E-state index contributed by atoms with van der Waals surface area (Å²) in [6, 6.07) is 6.00. The molecule has 0 heterocycles. The summed E-state index contributed by atoms with van der Waals surface area (Å²) in [4.78, 5) is 58.1. The maximum Gasteiger partial charge on any atom is 0.369 e. The molecule has 5 N–H and O–H groups in total. The predicted molar refractivity (Wildman–Crippen MR) is 123 cm³/mol. The summed E-state index contributed by atoms with van der Waals surface area (Å²) < 4.78 is 1.14. The van der Waals surface area contributed by atoms with Gasteiger partial charge in [0.2, 0.25) is 18.8 Å². The van der Waals surface area contributed by atoms with Crippen molar-refractivity contribution in [1.29, 1.82) is 0 Å². The van der Waals surface area contributed by atoms with E-state index in [4.69, 9.17) is 20.4 Å².